The number of hydrogen-bond acceptors (Lipinski definition) is 3. The molecule has 0 bridgehead atoms. The van der Waals surface area contributed by atoms with Gasteiger partial charge < -0.3 is 9.84 Å². The van der Waals surface area contributed by atoms with Gasteiger partial charge in [0.15, 0.2) is 0 Å². The molecule has 0 spiro atoms. The van der Waals surface area contributed by atoms with Crippen LogP contribution in [-0.4, -0.2) is 17.2 Å². The van der Waals surface area contributed by atoms with Gasteiger partial charge in [0.25, 0.3) is 0 Å². The van der Waals surface area contributed by atoms with Gasteiger partial charge in [-0.2, -0.15) is 0 Å². The lowest BCUT2D eigenvalue weighted by Gasteiger charge is -2.03. The molecule has 16 heavy (non-hydrogen) atoms. The van der Waals surface area contributed by atoms with Gasteiger partial charge in [-0.25, -0.2) is 9.59 Å². The minimum Gasteiger partial charge on any atom is -0.465 e. The smallest absolute Gasteiger partial charge is 0.408 e. The van der Waals surface area contributed by atoms with Crippen LogP contribution in [0.5, 0.6) is 5.75 Å². The van der Waals surface area contributed by atoms with E-state index in [9.17, 15) is 9.59 Å². The number of esters is 1. The maximum Gasteiger partial charge on any atom is 0.408 e. The van der Waals surface area contributed by atoms with Crippen LogP contribution in [-0.2, 0) is 4.79 Å². The molecule has 0 saturated carbocycles. The fraction of sp³-hybridized carbons (Fsp3) is 0.0909. The van der Waals surface area contributed by atoms with E-state index in [0.717, 1.165) is 6.20 Å². The number of rotatable bonds is 3. The maximum absolute atomic E-state index is 11.4. The number of benzene rings is 1. The third-order valence-corrected chi connectivity index (χ3v) is 1.69. The zero-order valence-corrected chi connectivity index (χ0v) is 8.64. The predicted molar refractivity (Wildman–Crippen MR) is 57.0 cm³/mol. The number of nitrogens with one attached hydrogen (secondary N) is 1. The van der Waals surface area contributed by atoms with Gasteiger partial charge in [0.05, 0.1) is 5.57 Å². The Hall–Kier alpha value is -2.30. The second-order valence-electron chi connectivity index (χ2n) is 2.98. The van der Waals surface area contributed by atoms with Crippen molar-refractivity contribution < 1.29 is 19.4 Å². The van der Waals surface area contributed by atoms with Crippen LogP contribution in [0.1, 0.15) is 6.92 Å². The topological polar surface area (TPSA) is 75.6 Å². The molecule has 0 aliphatic heterocycles. The van der Waals surface area contributed by atoms with Crippen molar-refractivity contribution in [1.82, 2.24) is 5.32 Å². The van der Waals surface area contributed by atoms with Crippen molar-refractivity contribution >= 4 is 12.1 Å². The highest BCUT2D eigenvalue weighted by Crippen LogP contribution is 2.10. The average molecular weight is 221 g/mol. The number of carbonyl (C=O) groups excluding carboxylic acids is 1. The highest BCUT2D eigenvalue weighted by Gasteiger charge is 2.07. The molecule has 0 radical (unpaired) electrons. The maximum atomic E-state index is 11.4. The van der Waals surface area contributed by atoms with Crippen LogP contribution in [0.15, 0.2) is 42.1 Å². The van der Waals surface area contributed by atoms with Crippen LogP contribution >= 0.6 is 0 Å². The fourth-order valence-corrected chi connectivity index (χ4v) is 0.905. The SMILES string of the molecule is CC(=CNC(=O)O)C(=O)Oc1ccccc1. The van der Waals surface area contributed by atoms with E-state index in [-0.39, 0.29) is 5.57 Å². The van der Waals surface area contributed by atoms with E-state index >= 15 is 0 Å². The summed E-state index contributed by atoms with van der Waals surface area (Å²) in [6, 6.07) is 8.53. The van der Waals surface area contributed by atoms with Crippen molar-refractivity contribution in [3.63, 3.8) is 0 Å². The van der Waals surface area contributed by atoms with Crippen molar-refractivity contribution in [2.24, 2.45) is 0 Å². The number of carbonyl (C=O) groups is 2. The molecule has 1 rings (SSSR count). The van der Waals surface area contributed by atoms with E-state index in [2.05, 4.69) is 0 Å². The van der Waals surface area contributed by atoms with Crippen LogP contribution in [0, 0.1) is 0 Å². The lowest BCUT2D eigenvalue weighted by molar-refractivity contribution is -0.130. The van der Waals surface area contributed by atoms with Gasteiger partial charge in [0.1, 0.15) is 5.75 Å². The van der Waals surface area contributed by atoms with Gasteiger partial charge in [-0.05, 0) is 19.1 Å². The van der Waals surface area contributed by atoms with Crippen molar-refractivity contribution in [3.8, 4) is 5.75 Å². The molecule has 84 valence electrons. The standard InChI is InChI=1S/C11H11NO4/c1-8(7-12-11(14)15)10(13)16-9-5-3-2-4-6-9/h2-7,12H,1H3,(H,14,15). The summed E-state index contributed by atoms with van der Waals surface area (Å²) >= 11 is 0. The first-order chi connectivity index (χ1) is 7.59. The fourth-order valence-electron chi connectivity index (χ4n) is 0.905. The lowest BCUT2D eigenvalue weighted by atomic mass is 10.3. The highest BCUT2D eigenvalue weighted by atomic mass is 16.5. The molecule has 1 amide bonds. The van der Waals surface area contributed by atoms with Gasteiger partial charge >= 0.3 is 12.1 Å². The second-order valence-corrected chi connectivity index (χ2v) is 2.98. The van der Waals surface area contributed by atoms with Gasteiger partial charge in [0.2, 0.25) is 0 Å². The molecule has 0 unspecified atom stereocenters. The Morgan fingerprint density at radius 1 is 1.31 bits per heavy atom. The third-order valence-electron chi connectivity index (χ3n) is 1.69. The molecule has 0 atom stereocenters. The highest BCUT2D eigenvalue weighted by molar-refractivity contribution is 5.89. The number of hydrogen-bond donors (Lipinski definition) is 2. The normalized spacial score (nSPS) is 10.7. The van der Waals surface area contributed by atoms with Crippen LogP contribution in [0.3, 0.4) is 0 Å². The summed E-state index contributed by atoms with van der Waals surface area (Å²) in [5.74, 6) is -0.185. The summed E-state index contributed by atoms with van der Waals surface area (Å²) in [6.07, 6.45) is -0.153. The Balaban J connectivity index is 2.59. The van der Waals surface area contributed by atoms with Crippen LogP contribution in [0.2, 0.25) is 0 Å². The summed E-state index contributed by atoms with van der Waals surface area (Å²) in [4.78, 5) is 21.6. The van der Waals surface area contributed by atoms with E-state index in [0.29, 0.717) is 5.75 Å². The molecule has 0 saturated heterocycles. The molecule has 0 aromatic heterocycles. The van der Waals surface area contributed by atoms with Crippen molar-refractivity contribution in [3.05, 3.63) is 42.1 Å². The number of amides is 1. The van der Waals surface area contributed by atoms with E-state index in [1.807, 2.05) is 5.32 Å². The Kier molecular flexibility index (Phi) is 4.08. The molecule has 0 aliphatic rings. The lowest BCUT2D eigenvalue weighted by Crippen LogP contribution is -2.17. The van der Waals surface area contributed by atoms with Gasteiger partial charge in [-0.3, -0.25) is 5.32 Å². The number of para-hydroxylation sites is 1. The van der Waals surface area contributed by atoms with Crippen molar-refractivity contribution in [1.29, 1.82) is 0 Å². The van der Waals surface area contributed by atoms with Crippen LogP contribution in [0.25, 0.3) is 0 Å². The first-order valence-electron chi connectivity index (χ1n) is 4.53. The second kappa shape index (κ2) is 5.55. The van der Waals surface area contributed by atoms with Crippen molar-refractivity contribution in [2.75, 3.05) is 0 Å². The molecule has 5 heteroatoms. The Bertz CT molecular complexity index is 411. The largest absolute Gasteiger partial charge is 0.465 e. The predicted octanol–water partition coefficient (Wildman–Crippen LogP) is 1.76. The molecule has 0 heterocycles. The minimum absolute atomic E-state index is 0.172. The van der Waals surface area contributed by atoms with Gasteiger partial charge in [-0.1, -0.05) is 18.2 Å². The first-order valence-corrected chi connectivity index (χ1v) is 4.53. The number of carboxylic acid groups (broad SMARTS) is 1. The zero-order valence-electron chi connectivity index (χ0n) is 8.64. The average Bonchev–Trinajstić information content (AvgIpc) is 2.27. The van der Waals surface area contributed by atoms with Gasteiger partial charge in [0, 0.05) is 6.20 Å². The van der Waals surface area contributed by atoms with Crippen LogP contribution in [0.4, 0.5) is 4.79 Å². The molecule has 1 aromatic rings. The molecule has 0 aliphatic carbocycles. The monoisotopic (exact) mass is 221 g/mol. The number of ether oxygens (including phenoxy) is 1. The molecule has 1 aromatic carbocycles. The quantitative estimate of drug-likeness (QED) is 0.463. The summed E-state index contributed by atoms with van der Waals surface area (Å²) in [7, 11) is 0. The summed E-state index contributed by atoms with van der Waals surface area (Å²) in [6.45, 7) is 1.46. The van der Waals surface area contributed by atoms with E-state index in [1.54, 1.807) is 30.3 Å². The van der Waals surface area contributed by atoms with E-state index in [1.165, 1.54) is 6.92 Å². The van der Waals surface area contributed by atoms with Crippen molar-refractivity contribution in [2.45, 2.75) is 6.92 Å². The Morgan fingerprint density at radius 2 is 1.94 bits per heavy atom. The summed E-state index contributed by atoms with van der Waals surface area (Å²) < 4.78 is 4.97. The molecule has 5 nitrogen and oxygen atoms in total. The van der Waals surface area contributed by atoms with E-state index in [4.69, 9.17) is 9.84 Å². The molecule has 2 N–H and O–H groups in total. The Morgan fingerprint density at radius 3 is 2.50 bits per heavy atom. The zero-order chi connectivity index (χ0) is 12.0. The molecular weight excluding hydrogens is 210 g/mol. The molecule has 0 fully saturated rings. The van der Waals surface area contributed by atoms with E-state index < -0.39 is 12.1 Å². The molecular formula is C11H11NO4. The summed E-state index contributed by atoms with van der Waals surface area (Å²) in [5.41, 5.74) is 0.172. The van der Waals surface area contributed by atoms with Crippen LogP contribution < -0.4 is 10.1 Å². The van der Waals surface area contributed by atoms with Gasteiger partial charge in [-0.15, -0.1) is 0 Å². The first kappa shape index (κ1) is 11.8. The third kappa shape index (κ3) is 3.83. The minimum atomic E-state index is -1.23. The Labute approximate surface area is 92.3 Å². The summed E-state index contributed by atoms with van der Waals surface area (Å²) in [5, 5.41) is 10.3.